The van der Waals surface area contributed by atoms with E-state index in [0.29, 0.717) is 0 Å². The van der Waals surface area contributed by atoms with Gasteiger partial charge in [-0.15, -0.1) is 0 Å². The van der Waals surface area contributed by atoms with Crippen molar-refractivity contribution in [2.75, 3.05) is 13.1 Å². The minimum atomic E-state index is -0.745. The minimum absolute atomic E-state index is 0.222. The van der Waals surface area contributed by atoms with Crippen molar-refractivity contribution in [3.63, 3.8) is 0 Å². The zero-order chi connectivity index (χ0) is 22.5. The first kappa shape index (κ1) is 31.6. The van der Waals surface area contributed by atoms with Crippen LogP contribution in [0.25, 0.3) is 0 Å². The van der Waals surface area contributed by atoms with Crippen molar-refractivity contribution in [3.8, 4) is 0 Å². The van der Waals surface area contributed by atoms with Gasteiger partial charge in [0.05, 0.1) is 0 Å². The first-order valence-electron chi connectivity index (χ1n) is 13.6. The molecule has 0 rings (SSSR count). The van der Waals surface area contributed by atoms with Crippen LogP contribution in [0.4, 0.5) is 0 Å². The number of unbranched alkanes of at least 4 members (excludes halogenated alkanes) is 18. The van der Waals surface area contributed by atoms with Gasteiger partial charge in [-0.25, -0.2) is 0 Å². The van der Waals surface area contributed by atoms with Gasteiger partial charge in [0.2, 0.25) is 0 Å². The van der Waals surface area contributed by atoms with Crippen LogP contribution in [0.5, 0.6) is 0 Å². The third kappa shape index (κ3) is 34.9. The highest BCUT2D eigenvalue weighted by Gasteiger charge is 1.94. The average molecular weight is 428 g/mol. The monoisotopic (exact) mass is 427 g/mol. The van der Waals surface area contributed by atoms with E-state index in [9.17, 15) is 4.79 Å². The van der Waals surface area contributed by atoms with Crippen molar-refractivity contribution in [1.82, 2.24) is 5.32 Å². The summed E-state index contributed by atoms with van der Waals surface area (Å²) in [6, 6.07) is 0. The zero-order valence-electron chi connectivity index (χ0n) is 21.1. The Kier molecular flexibility index (Phi) is 32.3. The highest BCUT2D eigenvalue weighted by molar-refractivity contribution is 5.66. The number of aliphatic carboxylic acids is 1. The van der Waals surface area contributed by atoms with Crippen LogP contribution in [0.1, 0.15) is 156 Å². The van der Waals surface area contributed by atoms with Gasteiger partial charge in [-0.1, -0.05) is 136 Å². The lowest BCUT2D eigenvalue weighted by Crippen LogP contribution is -2.16. The first-order valence-corrected chi connectivity index (χ1v) is 13.6. The summed E-state index contributed by atoms with van der Waals surface area (Å²) in [6.45, 7) is 8.68. The second-order valence-electron chi connectivity index (χ2n) is 8.86. The maximum absolute atomic E-state index is 9.37. The van der Waals surface area contributed by atoms with Crippen LogP contribution in [0.15, 0.2) is 0 Å². The van der Waals surface area contributed by atoms with Crippen LogP contribution in [0.3, 0.4) is 0 Å². The predicted octanol–water partition coefficient (Wildman–Crippen LogP) is 8.90. The summed E-state index contributed by atoms with van der Waals surface area (Å²) < 4.78 is 0. The van der Waals surface area contributed by atoms with E-state index < -0.39 is 5.97 Å². The Labute approximate surface area is 190 Å². The molecule has 0 saturated heterocycles. The third-order valence-corrected chi connectivity index (χ3v) is 5.72. The quantitative estimate of drug-likeness (QED) is 0.160. The molecule has 182 valence electrons. The van der Waals surface area contributed by atoms with Gasteiger partial charge in [0.15, 0.2) is 0 Å². The van der Waals surface area contributed by atoms with Crippen LogP contribution >= 0.6 is 0 Å². The molecule has 2 N–H and O–H groups in total. The van der Waals surface area contributed by atoms with Crippen molar-refractivity contribution < 1.29 is 9.90 Å². The summed E-state index contributed by atoms with van der Waals surface area (Å²) in [7, 11) is 0. The molecule has 0 aromatic carbocycles. The number of nitrogens with one attached hydrogen (secondary N) is 1. The predicted molar refractivity (Wildman–Crippen MR) is 134 cm³/mol. The zero-order valence-corrected chi connectivity index (χ0v) is 21.1. The van der Waals surface area contributed by atoms with Gasteiger partial charge in [-0.3, -0.25) is 4.79 Å². The number of carbonyl (C=O) groups is 1. The lowest BCUT2D eigenvalue weighted by atomic mass is 10.1. The molecule has 0 unspecified atom stereocenters. The summed E-state index contributed by atoms with van der Waals surface area (Å²) >= 11 is 0. The van der Waals surface area contributed by atoms with E-state index in [4.69, 9.17) is 5.11 Å². The average Bonchev–Trinajstić information content (AvgIpc) is 2.75. The van der Waals surface area contributed by atoms with Gasteiger partial charge < -0.3 is 10.4 Å². The van der Waals surface area contributed by atoms with Crippen LogP contribution < -0.4 is 5.32 Å². The van der Waals surface area contributed by atoms with Crippen molar-refractivity contribution in [2.45, 2.75) is 156 Å². The fraction of sp³-hybridized carbons (Fsp3) is 0.963. The molecule has 0 aromatic rings. The number of hydrogen-bond acceptors (Lipinski definition) is 2. The van der Waals surface area contributed by atoms with Gasteiger partial charge in [0, 0.05) is 6.42 Å². The van der Waals surface area contributed by atoms with Gasteiger partial charge >= 0.3 is 5.97 Å². The lowest BCUT2D eigenvalue weighted by Gasteiger charge is -2.05. The van der Waals surface area contributed by atoms with Crippen LogP contribution in [-0.4, -0.2) is 24.2 Å². The summed E-state index contributed by atoms with van der Waals surface area (Å²) in [4.78, 5) is 9.37. The van der Waals surface area contributed by atoms with E-state index in [-0.39, 0.29) is 6.42 Å². The largest absolute Gasteiger partial charge is 0.481 e. The lowest BCUT2D eigenvalue weighted by molar-refractivity contribution is -0.136. The number of carboxylic acids is 1. The number of hydrogen-bond donors (Lipinski definition) is 2. The standard InChI is InChI=1S/C24H51N.C3H6O2/c1-3-5-7-9-11-13-15-17-19-21-23-25-24-22-20-18-16-14-12-10-8-6-4-2;1-2-3(4)5/h25H,3-24H2,1-2H3;2H2,1H3,(H,4,5). The minimum Gasteiger partial charge on any atom is -0.481 e. The summed E-state index contributed by atoms with van der Waals surface area (Å²) in [5.41, 5.74) is 0. The summed E-state index contributed by atoms with van der Waals surface area (Å²) in [6.07, 6.45) is 29.0. The van der Waals surface area contributed by atoms with Gasteiger partial charge in [0.25, 0.3) is 0 Å². The Hall–Kier alpha value is -0.570. The molecule has 0 spiro atoms. The van der Waals surface area contributed by atoms with E-state index >= 15 is 0 Å². The smallest absolute Gasteiger partial charge is 0.303 e. The Balaban J connectivity index is 0. The van der Waals surface area contributed by atoms with E-state index in [1.807, 2.05) is 0 Å². The van der Waals surface area contributed by atoms with Crippen molar-refractivity contribution in [3.05, 3.63) is 0 Å². The molecule has 0 aliphatic heterocycles. The molecule has 3 nitrogen and oxygen atoms in total. The molecule has 0 amide bonds. The summed E-state index contributed by atoms with van der Waals surface area (Å²) in [5.74, 6) is -0.745. The molecule has 0 radical (unpaired) electrons. The van der Waals surface area contributed by atoms with Gasteiger partial charge in [-0.05, 0) is 25.9 Å². The van der Waals surface area contributed by atoms with E-state index in [1.54, 1.807) is 6.92 Å². The van der Waals surface area contributed by atoms with Crippen LogP contribution in [0, 0.1) is 0 Å². The molecule has 0 heterocycles. The van der Waals surface area contributed by atoms with Gasteiger partial charge in [0.1, 0.15) is 0 Å². The first-order chi connectivity index (χ1) is 14.7. The fourth-order valence-electron chi connectivity index (χ4n) is 3.60. The molecule has 0 fully saturated rings. The molecule has 0 aromatic heterocycles. The normalized spacial score (nSPS) is 10.6. The molecule has 0 saturated carbocycles. The Morgan fingerprint density at radius 2 is 0.733 bits per heavy atom. The molecule has 0 aliphatic carbocycles. The molecular weight excluding hydrogens is 370 g/mol. The molecule has 0 aliphatic rings. The highest BCUT2D eigenvalue weighted by Crippen LogP contribution is 2.11. The molecule has 0 bridgehead atoms. The van der Waals surface area contributed by atoms with Crippen LogP contribution in [0.2, 0.25) is 0 Å². The maximum Gasteiger partial charge on any atom is 0.303 e. The number of rotatable bonds is 23. The third-order valence-electron chi connectivity index (χ3n) is 5.72. The van der Waals surface area contributed by atoms with Gasteiger partial charge in [-0.2, -0.15) is 0 Å². The van der Waals surface area contributed by atoms with Crippen molar-refractivity contribution in [1.29, 1.82) is 0 Å². The second kappa shape index (κ2) is 30.6. The van der Waals surface area contributed by atoms with Crippen LogP contribution in [-0.2, 0) is 4.79 Å². The molecule has 3 heteroatoms. The number of carboxylic acid groups (broad SMARTS) is 1. The topological polar surface area (TPSA) is 49.3 Å². The molecule has 0 atom stereocenters. The Bertz CT molecular complexity index is 285. The summed E-state index contributed by atoms with van der Waals surface area (Å²) in [5, 5.41) is 11.4. The van der Waals surface area contributed by atoms with Crippen molar-refractivity contribution >= 4 is 5.97 Å². The van der Waals surface area contributed by atoms with E-state index in [1.165, 1.54) is 142 Å². The van der Waals surface area contributed by atoms with E-state index in [0.717, 1.165) is 0 Å². The Morgan fingerprint density at radius 1 is 0.500 bits per heavy atom. The highest BCUT2D eigenvalue weighted by atomic mass is 16.4. The SMILES string of the molecule is CCC(=O)O.CCCCCCCCCCCCNCCCCCCCCCCCC. The molecular formula is C27H57NO2. The second-order valence-corrected chi connectivity index (χ2v) is 8.86. The fourth-order valence-corrected chi connectivity index (χ4v) is 3.60. The van der Waals surface area contributed by atoms with Crippen molar-refractivity contribution in [2.24, 2.45) is 0 Å². The van der Waals surface area contributed by atoms with E-state index in [2.05, 4.69) is 19.2 Å². The maximum atomic E-state index is 9.37. The Morgan fingerprint density at radius 3 is 0.967 bits per heavy atom. The molecule has 30 heavy (non-hydrogen) atoms.